The topological polar surface area (TPSA) is 132 Å². The number of carbonyl (C=O) groups excluding carboxylic acids is 3. The van der Waals surface area contributed by atoms with Gasteiger partial charge in [-0.15, -0.1) is 0 Å². The van der Waals surface area contributed by atoms with E-state index in [-0.39, 0.29) is 32.2 Å². The van der Waals surface area contributed by atoms with Gasteiger partial charge >= 0.3 is 12.3 Å². The van der Waals surface area contributed by atoms with Crippen molar-refractivity contribution in [1.29, 1.82) is 0 Å². The maximum Gasteiger partial charge on any atom is 0.416 e. The van der Waals surface area contributed by atoms with Crippen LogP contribution in [-0.2, 0) is 43.0 Å². The Morgan fingerprint density at radius 1 is 0.884 bits per heavy atom. The summed E-state index contributed by atoms with van der Waals surface area (Å²) in [7, 11) is 0. The van der Waals surface area contributed by atoms with E-state index < -0.39 is 48.0 Å². The highest BCUT2D eigenvalue weighted by atomic mass is 19.4. The van der Waals surface area contributed by atoms with E-state index in [2.05, 4.69) is 10.6 Å². The second kappa shape index (κ2) is 17.4. The molecular formula is C30H41F3N4O6. The average molecular weight is 611 g/mol. The van der Waals surface area contributed by atoms with Gasteiger partial charge in [-0.05, 0) is 51.0 Å². The molecule has 2 aromatic rings. The molecule has 3 amide bonds. The molecule has 4 N–H and O–H groups in total. The number of ether oxygens (including phenoxy) is 3. The van der Waals surface area contributed by atoms with Crippen LogP contribution < -0.4 is 16.4 Å². The Balaban J connectivity index is 2.26. The van der Waals surface area contributed by atoms with Gasteiger partial charge in [0.2, 0.25) is 11.8 Å². The standard InChI is InChI=1S/C30H41F3N4O6/c1-5-41-26(42-6-2)18-37(20(3)4)28(39)24(16-21-12-14-23(15-13-21)30(31,32)33)35-27(38)25(17-34)36-29(40)43-19-22-10-8-7-9-11-22/h7-15,20,24-26H,5-6,16-19,34H2,1-4H3,(H,35,38)(H,36,40). The van der Waals surface area contributed by atoms with Gasteiger partial charge in [0.1, 0.15) is 18.7 Å². The first-order valence-corrected chi connectivity index (χ1v) is 14.1. The van der Waals surface area contributed by atoms with Crippen LogP contribution in [0.1, 0.15) is 44.4 Å². The second-order valence-corrected chi connectivity index (χ2v) is 9.88. The monoisotopic (exact) mass is 610 g/mol. The largest absolute Gasteiger partial charge is 0.445 e. The first-order valence-electron chi connectivity index (χ1n) is 14.1. The molecule has 0 saturated heterocycles. The van der Waals surface area contributed by atoms with Gasteiger partial charge in [-0.1, -0.05) is 42.5 Å². The van der Waals surface area contributed by atoms with Crippen molar-refractivity contribution in [2.24, 2.45) is 5.73 Å². The molecule has 0 bridgehead atoms. The number of amides is 3. The van der Waals surface area contributed by atoms with Gasteiger partial charge in [0.15, 0.2) is 6.29 Å². The molecule has 0 heterocycles. The molecular weight excluding hydrogens is 569 g/mol. The van der Waals surface area contributed by atoms with Crippen LogP contribution in [0.5, 0.6) is 0 Å². The molecule has 0 aliphatic rings. The van der Waals surface area contributed by atoms with Gasteiger partial charge in [-0.2, -0.15) is 13.2 Å². The minimum absolute atomic E-state index is 0.0369. The van der Waals surface area contributed by atoms with Crippen molar-refractivity contribution in [1.82, 2.24) is 15.5 Å². The quantitative estimate of drug-likeness (QED) is 0.248. The molecule has 0 aliphatic heterocycles. The fraction of sp³-hybridized carbons (Fsp3) is 0.500. The molecule has 0 saturated carbocycles. The second-order valence-electron chi connectivity index (χ2n) is 9.88. The van der Waals surface area contributed by atoms with Crippen LogP contribution in [0.15, 0.2) is 54.6 Å². The minimum atomic E-state index is -4.53. The molecule has 43 heavy (non-hydrogen) atoms. The SMILES string of the molecule is CCOC(CN(C(=O)C(Cc1ccc(C(F)(F)F)cc1)NC(=O)C(CN)NC(=O)OCc1ccccc1)C(C)C)OCC. The van der Waals surface area contributed by atoms with Crippen molar-refractivity contribution in [3.8, 4) is 0 Å². The molecule has 2 unspecified atom stereocenters. The predicted molar refractivity (Wildman–Crippen MR) is 154 cm³/mol. The molecule has 0 aliphatic carbocycles. The number of halogens is 3. The predicted octanol–water partition coefficient (Wildman–Crippen LogP) is 3.62. The van der Waals surface area contributed by atoms with Gasteiger partial charge < -0.3 is 35.5 Å². The third-order valence-electron chi connectivity index (χ3n) is 6.35. The van der Waals surface area contributed by atoms with E-state index in [1.165, 1.54) is 17.0 Å². The van der Waals surface area contributed by atoms with Gasteiger partial charge in [0.25, 0.3) is 0 Å². The number of hydrogen-bond acceptors (Lipinski definition) is 7. The summed E-state index contributed by atoms with van der Waals surface area (Å²) in [5, 5.41) is 5.03. The van der Waals surface area contributed by atoms with Gasteiger partial charge in [-0.3, -0.25) is 9.59 Å². The number of hydrogen-bond donors (Lipinski definition) is 3. The van der Waals surface area contributed by atoms with Crippen molar-refractivity contribution < 1.29 is 41.8 Å². The van der Waals surface area contributed by atoms with Crippen LogP contribution >= 0.6 is 0 Å². The molecule has 238 valence electrons. The molecule has 2 rings (SSSR count). The Labute approximate surface area is 250 Å². The molecule has 2 aromatic carbocycles. The van der Waals surface area contributed by atoms with Crippen LogP contribution in [0.4, 0.5) is 18.0 Å². The van der Waals surface area contributed by atoms with Crippen LogP contribution in [0.3, 0.4) is 0 Å². The smallest absolute Gasteiger partial charge is 0.416 e. The first-order chi connectivity index (χ1) is 20.4. The third kappa shape index (κ3) is 11.8. The summed E-state index contributed by atoms with van der Waals surface area (Å²) in [6, 6.07) is 10.4. The molecule has 2 atom stereocenters. The number of benzene rings is 2. The van der Waals surface area contributed by atoms with Crippen molar-refractivity contribution in [3.63, 3.8) is 0 Å². The highest BCUT2D eigenvalue weighted by Gasteiger charge is 2.33. The molecule has 13 heteroatoms. The van der Waals surface area contributed by atoms with E-state index in [4.69, 9.17) is 19.9 Å². The molecule has 0 aromatic heterocycles. The lowest BCUT2D eigenvalue weighted by Gasteiger charge is -2.34. The van der Waals surface area contributed by atoms with Gasteiger partial charge in [0, 0.05) is 32.2 Å². The summed E-state index contributed by atoms with van der Waals surface area (Å²) in [5.74, 6) is -1.28. The summed E-state index contributed by atoms with van der Waals surface area (Å²) in [6.07, 6.45) is -6.28. The number of rotatable bonds is 16. The number of alkyl carbamates (subject to hydrolysis) is 1. The minimum Gasteiger partial charge on any atom is -0.445 e. The summed E-state index contributed by atoms with van der Waals surface area (Å²) >= 11 is 0. The Morgan fingerprint density at radius 3 is 2.00 bits per heavy atom. The van der Waals surface area contributed by atoms with E-state index in [0.717, 1.165) is 17.7 Å². The lowest BCUT2D eigenvalue weighted by molar-refractivity contribution is -0.163. The number of nitrogens with two attached hydrogens (primary N) is 1. The first kappa shape index (κ1) is 35.5. The van der Waals surface area contributed by atoms with E-state index in [9.17, 15) is 27.6 Å². The van der Waals surface area contributed by atoms with Gasteiger partial charge in [-0.25, -0.2) is 4.79 Å². The fourth-order valence-corrected chi connectivity index (χ4v) is 4.12. The van der Waals surface area contributed by atoms with Crippen molar-refractivity contribution >= 4 is 17.9 Å². The van der Waals surface area contributed by atoms with E-state index in [0.29, 0.717) is 18.8 Å². The van der Waals surface area contributed by atoms with Crippen LogP contribution in [-0.4, -0.2) is 73.5 Å². The Bertz CT molecular complexity index is 1140. The van der Waals surface area contributed by atoms with Crippen LogP contribution in [0.25, 0.3) is 0 Å². The third-order valence-corrected chi connectivity index (χ3v) is 6.35. The Hall–Kier alpha value is -3.68. The Kier molecular flexibility index (Phi) is 14.4. The number of carbonyl (C=O) groups is 3. The van der Waals surface area contributed by atoms with Gasteiger partial charge in [0.05, 0.1) is 12.1 Å². The number of nitrogens with zero attached hydrogens (tertiary/aromatic N) is 1. The van der Waals surface area contributed by atoms with Crippen molar-refractivity contribution in [2.45, 2.75) is 71.3 Å². The molecule has 0 radical (unpaired) electrons. The zero-order chi connectivity index (χ0) is 32.0. The highest BCUT2D eigenvalue weighted by molar-refractivity contribution is 5.91. The zero-order valence-electron chi connectivity index (χ0n) is 24.9. The summed E-state index contributed by atoms with van der Waals surface area (Å²) in [4.78, 5) is 41.0. The van der Waals surface area contributed by atoms with Crippen molar-refractivity contribution in [3.05, 3.63) is 71.3 Å². The number of alkyl halides is 3. The van der Waals surface area contributed by atoms with Crippen LogP contribution in [0, 0.1) is 0 Å². The van der Waals surface area contributed by atoms with E-state index in [1.807, 2.05) is 6.07 Å². The lowest BCUT2D eigenvalue weighted by atomic mass is 10.0. The maximum absolute atomic E-state index is 13.9. The van der Waals surface area contributed by atoms with Crippen LogP contribution in [0.2, 0.25) is 0 Å². The van der Waals surface area contributed by atoms with E-state index in [1.54, 1.807) is 52.0 Å². The zero-order valence-corrected chi connectivity index (χ0v) is 24.9. The number of nitrogens with one attached hydrogen (secondary N) is 2. The average Bonchev–Trinajstić information content (AvgIpc) is 2.97. The highest BCUT2D eigenvalue weighted by Crippen LogP contribution is 2.29. The molecule has 0 fully saturated rings. The fourth-order valence-electron chi connectivity index (χ4n) is 4.12. The summed E-state index contributed by atoms with van der Waals surface area (Å²) in [6.45, 7) is 7.48. The molecule has 10 nitrogen and oxygen atoms in total. The Morgan fingerprint density at radius 2 is 1.49 bits per heavy atom. The normalized spacial score (nSPS) is 13.0. The lowest BCUT2D eigenvalue weighted by Crippen LogP contribution is -2.58. The van der Waals surface area contributed by atoms with Crippen molar-refractivity contribution in [2.75, 3.05) is 26.3 Å². The summed E-state index contributed by atoms with van der Waals surface area (Å²) < 4.78 is 55.7. The van der Waals surface area contributed by atoms with E-state index >= 15 is 0 Å². The molecule has 0 spiro atoms. The summed E-state index contributed by atoms with van der Waals surface area (Å²) in [5.41, 5.74) is 6.03. The maximum atomic E-state index is 13.9.